The van der Waals surface area contributed by atoms with Gasteiger partial charge in [0.05, 0.1) is 5.02 Å². The van der Waals surface area contributed by atoms with Gasteiger partial charge in [0.15, 0.2) is 0 Å². The molecule has 0 bridgehead atoms. The highest BCUT2D eigenvalue weighted by Crippen LogP contribution is 2.38. The minimum atomic E-state index is -0.704. The van der Waals surface area contributed by atoms with Crippen molar-refractivity contribution in [2.24, 2.45) is 0 Å². The van der Waals surface area contributed by atoms with E-state index in [1.807, 2.05) is 43.3 Å². The first-order valence-corrected chi connectivity index (χ1v) is 16.0. The Balaban J connectivity index is 1.41. The van der Waals surface area contributed by atoms with Crippen LogP contribution in [0.2, 0.25) is 10.0 Å². The first-order chi connectivity index (χ1) is 22.7. The lowest BCUT2D eigenvalue weighted by molar-refractivity contribution is -0.116. The Morgan fingerprint density at radius 3 is 2.15 bits per heavy atom. The van der Waals surface area contributed by atoms with Gasteiger partial charge in [0.1, 0.15) is 16.8 Å². The zero-order chi connectivity index (χ0) is 33.3. The molecule has 3 N–H and O–H groups in total. The van der Waals surface area contributed by atoms with Crippen LogP contribution in [0.25, 0.3) is 6.08 Å². The van der Waals surface area contributed by atoms with Crippen molar-refractivity contribution in [3.8, 4) is 0 Å². The fraction of sp³-hybridized carbons (Fsp3) is 0.0541. The summed E-state index contributed by atoms with van der Waals surface area (Å²) in [7, 11) is 0. The number of hydrogen-bond acceptors (Lipinski definition) is 4. The van der Waals surface area contributed by atoms with E-state index in [1.165, 1.54) is 36.0 Å². The SMILES string of the molecule is Cc1c(Cl)cccc1NC(=O)C(Sc1cccc(NC(=O)/C(=C\c2c(F)cccc2Cl)NC(=O)c2ccccc2)c1)c1ccccc1. The monoisotopic (exact) mass is 683 g/mol. The summed E-state index contributed by atoms with van der Waals surface area (Å²) < 4.78 is 14.7. The number of benzene rings is 5. The summed E-state index contributed by atoms with van der Waals surface area (Å²) in [6.45, 7) is 1.83. The molecular weight excluding hydrogens is 656 g/mol. The van der Waals surface area contributed by atoms with Gasteiger partial charge in [-0.15, -0.1) is 11.8 Å². The number of carbonyl (C=O) groups is 3. The molecule has 0 saturated carbocycles. The van der Waals surface area contributed by atoms with Crippen molar-refractivity contribution in [3.63, 3.8) is 0 Å². The highest BCUT2D eigenvalue weighted by Gasteiger charge is 2.24. The van der Waals surface area contributed by atoms with Crippen LogP contribution in [-0.4, -0.2) is 17.7 Å². The summed E-state index contributed by atoms with van der Waals surface area (Å²) >= 11 is 13.8. The molecule has 5 aromatic rings. The second-order valence-electron chi connectivity index (χ2n) is 10.3. The predicted molar refractivity (Wildman–Crippen MR) is 188 cm³/mol. The van der Waals surface area contributed by atoms with Crippen LogP contribution in [0.3, 0.4) is 0 Å². The minimum absolute atomic E-state index is 0.0522. The van der Waals surface area contributed by atoms with Crippen molar-refractivity contribution in [3.05, 3.63) is 165 Å². The van der Waals surface area contributed by atoms with E-state index >= 15 is 0 Å². The maximum Gasteiger partial charge on any atom is 0.272 e. The maximum absolute atomic E-state index is 14.7. The van der Waals surface area contributed by atoms with Crippen molar-refractivity contribution >= 4 is 70.1 Å². The fourth-order valence-electron chi connectivity index (χ4n) is 4.56. The van der Waals surface area contributed by atoms with Crippen LogP contribution < -0.4 is 16.0 Å². The van der Waals surface area contributed by atoms with Gasteiger partial charge in [0, 0.05) is 32.4 Å². The maximum atomic E-state index is 14.7. The number of halogens is 3. The second-order valence-corrected chi connectivity index (χ2v) is 12.3. The Morgan fingerprint density at radius 1 is 0.766 bits per heavy atom. The topological polar surface area (TPSA) is 87.3 Å². The molecule has 0 aliphatic rings. The summed E-state index contributed by atoms with van der Waals surface area (Å²) in [4.78, 5) is 40.9. The van der Waals surface area contributed by atoms with Crippen molar-refractivity contribution < 1.29 is 18.8 Å². The Bertz CT molecular complexity index is 1940. The van der Waals surface area contributed by atoms with Crippen molar-refractivity contribution in [1.82, 2.24) is 5.32 Å². The summed E-state index contributed by atoms with van der Waals surface area (Å²) in [6.07, 6.45) is 1.19. The van der Waals surface area contributed by atoms with Crippen LogP contribution >= 0.6 is 35.0 Å². The van der Waals surface area contributed by atoms with Crippen molar-refractivity contribution in [2.75, 3.05) is 10.6 Å². The van der Waals surface area contributed by atoms with Crippen LogP contribution in [0.5, 0.6) is 0 Å². The third-order valence-electron chi connectivity index (χ3n) is 7.03. The average molecular weight is 685 g/mol. The van der Waals surface area contributed by atoms with Crippen LogP contribution in [0.1, 0.15) is 32.3 Å². The fourth-order valence-corrected chi connectivity index (χ4v) is 6.03. The molecule has 0 fully saturated rings. The molecule has 1 atom stereocenters. The van der Waals surface area contributed by atoms with E-state index in [-0.39, 0.29) is 22.2 Å². The minimum Gasteiger partial charge on any atom is -0.325 e. The van der Waals surface area contributed by atoms with E-state index in [1.54, 1.807) is 66.7 Å². The van der Waals surface area contributed by atoms with Gasteiger partial charge in [-0.1, -0.05) is 89.9 Å². The molecule has 0 saturated heterocycles. The van der Waals surface area contributed by atoms with Gasteiger partial charge in [-0.05, 0) is 78.7 Å². The van der Waals surface area contributed by atoms with Gasteiger partial charge >= 0.3 is 0 Å². The third-order valence-corrected chi connectivity index (χ3v) is 9.02. The van der Waals surface area contributed by atoms with E-state index in [2.05, 4.69) is 16.0 Å². The van der Waals surface area contributed by atoms with Gasteiger partial charge in [-0.2, -0.15) is 0 Å². The Hall–Kier alpha value is -4.89. The van der Waals surface area contributed by atoms with Crippen molar-refractivity contribution in [1.29, 1.82) is 0 Å². The normalized spacial score (nSPS) is 11.8. The van der Waals surface area contributed by atoms with Crippen LogP contribution in [0, 0.1) is 12.7 Å². The molecule has 1 unspecified atom stereocenters. The predicted octanol–water partition coefficient (Wildman–Crippen LogP) is 9.32. The number of carbonyl (C=O) groups excluding carboxylic acids is 3. The van der Waals surface area contributed by atoms with E-state index in [0.717, 1.165) is 11.1 Å². The quantitative estimate of drug-likeness (QED) is 0.101. The zero-order valence-electron chi connectivity index (χ0n) is 25.0. The Kier molecular flexibility index (Phi) is 11.1. The molecule has 3 amide bonds. The van der Waals surface area contributed by atoms with Crippen LogP contribution in [0.4, 0.5) is 15.8 Å². The Labute approximate surface area is 286 Å². The number of amides is 3. The van der Waals surface area contributed by atoms with Gasteiger partial charge in [-0.25, -0.2) is 4.39 Å². The molecule has 6 nitrogen and oxygen atoms in total. The largest absolute Gasteiger partial charge is 0.325 e. The zero-order valence-corrected chi connectivity index (χ0v) is 27.3. The van der Waals surface area contributed by atoms with Gasteiger partial charge in [0.2, 0.25) is 5.91 Å². The van der Waals surface area contributed by atoms with E-state index in [9.17, 15) is 18.8 Å². The molecular formula is C37H28Cl2FN3O3S. The lowest BCUT2D eigenvalue weighted by Crippen LogP contribution is -2.30. The van der Waals surface area contributed by atoms with E-state index < -0.39 is 22.9 Å². The standard InChI is InChI=1S/C37H28Cl2FN3O3S/c1-23-29(38)17-10-20-32(23)42-37(46)34(24-11-4-2-5-12-24)47-27-16-8-15-26(21-27)41-36(45)33(22-28-30(39)18-9-19-31(28)40)43-35(44)25-13-6-3-7-14-25/h2-22,34H,1H3,(H,41,45)(H,42,46)(H,43,44)/b33-22+. The van der Waals surface area contributed by atoms with Gasteiger partial charge < -0.3 is 16.0 Å². The number of rotatable bonds is 10. The van der Waals surface area contributed by atoms with Crippen molar-refractivity contribution in [2.45, 2.75) is 17.1 Å². The Morgan fingerprint density at radius 2 is 1.43 bits per heavy atom. The molecule has 0 aliphatic carbocycles. The molecule has 0 aliphatic heterocycles. The summed E-state index contributed by atoms with van der Waals surface area (Å²) in [5.41, 5.74) is 2.56. The smallest absolute Gasteiger partial charge is 0.272 e. The molecule has 0 aromatic heterocycles. The van der Waals surface area contributed by atoms with Gasteiger partial charge in [0.25, 0.3) is 11.8 Å². The highest BCUT2D eigenvalue weighted by molar-refractivity contribution is 8.00. The van der Waals surface area contributed by atoms with Crippen LogP contribution in [0.15, 0.2) is 132 Å². The number of thioether (sulfide) groups is 1. The van der Waals surface area contributed by atoms with E-state index in [0.29, 0.717) is 26.9 Å². The third kappa shape index (κ3) is 8.68. The first kappa shape index (κ1) is 33.5. The molecule has 5 aromatic carbocycles. The lowest BCUT2D eigenvalue weighted by Gasteiger charge is -2.19. The number of anilines is 2. The highest BCUT2D eigenvalue weighted by atomic mass is 35.5. The van der Waals surface area contributed by atoms with Gasteiger partial charge in [-0.3, -0.25) is 14.4 Å². The molecule has 0 heterocycles. The number of nitrogens with one attached hydrogen (secondary N) is 3. The molecule has 5 rings (SSSR count). The average Bonchev–Trinajstić information content (AvgIpc) is 3.07. The lowest BCUT2D eigenvalue weighted by atomic mass is 10.1. The second kappa shape index (κ2) is 15.6. The molecule has 0 radical (unpaired) electrons. The summed E-state index contributed by atoms with van der Waals surface area (Å²) in [5.74, 6) is -2.18. The first-order valence-electron chi connectivity index (χ1n) is 14.4. The molecule has 47 heavy (non-hydrogen) atoms. The molecule has 0 spiro atoms. The summed E-state index contributed by atoms with van der Waals surface area (Å²) in [6, 6.07) is 34.0. The summed E-state index contributed by atoms with van der Waals surface area (Å²) in [5, 5.41) is 8.32. The molecule has 236 valence electrons. The van der Waals surface area contributed by atoms with E-state index in [4.69, 9.17) is 23.2 Å². The van der Waals surface area contributed by atoms with Crippen LogP contribution in [-0.2, 0) is 9.59 Å². The molecule has 10 heteroatoms. The number of hydrogen-bond donors (Lipinski definition) is 3.